The molecule has 3 heteroatoms. The molecule has 17 heavy (non-hydrogen) atoms. The first-order valence-electron chi connectivity index (χ1n) is 6.39. The maximum atomic E-state index is 11.9. The first-order chi connectivity index (χ1) is 7.84. The zero-order valence-corrected chi connectivity index (χ0v) is 11.8. The fraction of sp³-hybridized carbons (Fsp3) is 0.714. The normalized spacial score (nSPS) is 12.1. The molecular weight excluding hydrogens is 212 g/mol. The van der Waals surface area contributed by atoms with Gasteiger partial charge in [0.15, 0.2) is 5.78 Å². The average Bonchev–Trinajstić information content (AvgIpc) is 2.20. The lowest BCUT2D eigenvalue weighted by Crippen LogP contribution is -2.29. The zero-order chi connectivity index (χ0) is 13.4. The second kappa shape index (κ2) is 8.04. The number of carbonyl (C=O) groups excluding carboxylic acids is 1. The largest absolute Gasteiger partial charge is 0.380 e. The van der Waals surface area contributed by atoms with Crippen LogP contribution in [0.3, 0.4) is 0 Å². The van der Waals surface area contributed by atoms with Crippen LogP contribution in [-0.2, 0) is 4.79 Å². The van der Waals surface area contributed by atoms with E-state index in [1.165, 1.54) is 0 Å². The number of nitrogens with one attached hydrogen (secondary N) is 2. The van der Waals surface area contributed by atoms with Crippen LogP contribution in [0.25, 0.3) is 0 Å². The first kappa shape index (κ1) is 15.9. The Balaban J connectivity index is 4.41. The molecule has 0 rings (SSSR count). The van der Waals surface area contributed by atoms with Crippen molar-refractivity contribution in [2.24, 2.45) is 5.92 Å². The van der Waals surface area contributed by atoms with Crippen LogP contribution in [0.1, 0.15) is 53.9 Å². The molecule has 0 aliphatic heterocycles. The molecule has 0 aliphatic rings. The molecule has 98 valence electrons. The van der Waals surface area contributed by atoms with Crippen LogP contribution in [0.5, 0.6) is 0 Å². The van der Waals surface area contributed by atoms with Gasteiger partial charge in [-0.2, -0.15) is 0 Å². The highest BCUT2D eigenvalue weighted by molar-refractivity contribution is 5.96. The van der Waals surface area contributed by atoms with E-state index in [4.69, 9.17) is 5.41 Å². The Kier molecular flexibility index (Phi) is 7.51. The lowest BCUT2D eigenvalue weighted by molar-refractivity contribution is -0.118. The van der Waals surface area contributed by atoms with E-state index >= 15 is 0 Å². The van der Waals surface area contributed by atoms with Crippen LogP contribution >= 0.6 is 0 Å². The Morgan fingerprint density at radius 2 is 1.88 bits per heavy atom. The molecule has 0 aromatic rings. The number of hydrogen-bond acceptors (Lipinski definition) is 3. The molecule has 0 aromatic carbocycles. The Labute approximate surface area is 105 Å². The highest BCUT2D eigenvalue weighted by Gasteiger charge is 2.13. The number of allylic oxidation sites excluding steroid dienone is 2. The monoisotopic (exact) mass is 238 g/mol. The topological polar surface area (TPSA) is 53.0 Å². The van der Waals surface area contributed by atoms with E-state index in [0.29, 0.717) is 5.71 Å². The van der Waals surface area contributed by atoms with Gasteiger partial charge in [-0.15, -0.1) is 0 Å². The van der Waals surface area contributed by atoms with Crippen molar-refractivity contribution in [1.29, 1.82) is 5.41 Å². The van der Waals surface area contributed by atoms with Gasteiger partial charge in [-0.05, 0) is 40.0 Å². The van der Waals surface area contributed by atoms with Crippen LogP contribution in [0.15, 0.2) is 11.8 Å². The fourth-order valence-corrected chi connectivity index (χ4v) is 1.47. The van der Waals surface area contributed by atoms with E-state index in [-0.39, 0.29) is 17.7 Å². The standard InChI is InChI=1S/C14H26N2O/c1-10(2)14(17)13(16-11(3)4)9-7-6-8-12(5)15/h9-11,15-16H,6-8H2,1-5H3/b13-9+,15-12?. The van der Waals surface area contributed by atoms with Crippen molar-refractivity contribution in [3.05, 3.63) is 11.8 Å². The summed E-state index contributed by atoms with van der Waals surface area (Å²) in [6, 6.07) is 0.272. The second-order valence-electron chi connectivity index (χ2n) is 5.11. The molecule has 0 aliphatic carbocycles. The molecule has 0 atom stereocenters. The molecule has 0 amide bonds. The summed E-state index contributed by atoms with van der Waals surface area (Å²) in [5.41, 5.74) is 1.43. The molecule has 0 radical (unpaired) electrons. The van der Waals surface area contributed by atoms with Gasteiger partial charge >= 0.3 is 0 Å². The van der Waals surface area contributed by atoms with Crippen molar-refractivity contribution in [2.45, 2.75) is 59.9 Å². The molecular formula is C14H26N2O. The molecule has 0 aromatic heterocycles. The summed E-state index contributed by atoms with van der Waals surface area (Å²) in [5, 5.41) is 10.5. The van der Waals surface area contributed by atoms with E-state index < -0.39 is 0 Å². The molecule has 0 saturated heterocycles. The lowest BCUT2D eigenvalue weighted by Gasteiger charge is -2.15. The van der Waals surface area contributed by atoms with Gasteiger partial charge in [0.05, 0.1) is 5.70 Å². The number of hydrogen-bond donors (Lipinski definition) is 2. The van der Waals surface area contributed by atoms with Crippen molar-refractivity contribution in [3.8, 4) is 0 Å². The second-order valence-corrected chi connectivity index (χ2v) is 5.11. The van der Waals surface area contributed by atoms with Gasteiger partial charge in [-0.1, -0.05) is 19.9 Å². The lowest BCUT2D eigenvalue weighted by atomic mass is 10.0. The summed E-state index contributed by atoms with van der Waals surface area (Å²) in [6.45, 7) is 9.71. The summed E-state index contributed by atoms with van der Waals surface area (Å²) in [6.07, 6.45) is 4.57. The van der Waals surface area contributed by atoms with Gasteiger partial charge in [-0.3, -0.25) is 4.79 Å². The van der Waals surface area contributed by atoms with Gasteiger partial charge in [0.2, 0.25) is 0 Å². The quantitative estimate of drug-likeness (QED) is 0.387. The van der Waals surface area contributed by atoms with Gasteiger partial charge in [-0.25, -0.2) is 0 Å². The van der Waals surface area contributed by atoms with Crippen molar-refractivity contribution in [1.82, 2.24) is 5.32 Å². The summed E-state index contributed by atoms with van der Waals surface area (Å²) >= 11 is 0. The van der Waals surface area contributed by atoms with E-state index in [0.717, 1.165) is 25.0 Å². The van der Waals surface area contributed by atoms with Crippen molar-refractivity contribution in [2.75, 3.05) is 0 Å². The molecule has 0 spiro atoms. The van der Waals surface area contributed by atoms with Crippen LogP contribution in [0.4, 0.5) is 0 Å². The smallest absolute Gasteiger partial charge is 0.180 e. The van der Waals surface area contributed by atoms with Crippen molar-refractivity contribution >= 4 is 11.5 Å². The highest BCUT2D eigenvalue weighted by Crippen LogP contribution is 2.08. The molecule has 2 N–H and O–H groups in total. The Bertz CT molecular complexity index is 291. The molecule has 0 fully saturated rings. The minimum Gasteiger partial charge on any atom is -0.380 e. The van der Waals surface area contributed by atoms with Crippen LogP contribution in [0.2, 0.25) is 0 Å². The number of rotatable bonds is 8. The van der Waals surface area contributed by atoms with E-state index in [2.05, 4.69) is 5.32 Å². The maximum absolute atomic E-state index is 11.9. The summed E-state index contributed by atoms with van der Waals surface area (Å²) in [7, 11) is 0. The predicted octanol–water partition coefficient (Wildman–Crippen LogP) is 3.30. The van der Waals surface area contributed by atoms with Crippen molar-refractivity contribution in [3.63, 3.8) is 0 Å². The predicted molar refractivity (Wildman–Crippen MR) is 73.5 cm³/mol. The summed E-state index contributed by atoms with van der Waals surface area (Å²) < 4.78 is 0. The average molecular weight is 238 g/mol. The van der Waals surface area contributed by atoms with Gasteiger partial charge in [0, 0.05) is 17.7 Å². The number of carbonyl (C=O) groups is 1. The third-order valence-corrected chi connectivity index (χ3v) is 2.34. The molecule has 0 bridgehead atoms. The Morgan fingerprint density at radius 1 is 1.29 bits per heavy atom. The van der Waals surface area contributed by atoms with Gasteiger partial charge in [0.25, 0.3) is 0 Å². The highest BCUT2D eigenvalue weighted by atomic mass is 16.1. The number of Topliss-reactive ketones (excluding diaryl/α,β-unsaturated/α-hetero) is 1. The minimum atomic E-state index is 0.0250. The summed E-state index contributed by atoms with van der Waals surface area (Å²) in [5.74, 6) is 0.197. The molecule has 0 unspecified atom stereocenters. The van der Waals surface area contributed by atoms with Crippen molar-refractivity contribution < 1.29 is 4.79 Å². The fourth-order valence-electron chi connectivity index (χ4n) is 1.47. The van der Waals surface area contributed by atoms with E-state index in [9.17, 15) is 4.79 Å². The third kappa shape index (κ3) is 7.72. The number of ketones is 1. The molecule has 3 nitrogen and oxygen atoms in total. The summed E-state index contributed by atoms with van der Waals surface area (Å²) in [4.78, 5) is 11.9. The van der Waals surface area contributed by atoms with Crippen LogP contribution in [-0.4, -0.2) is 17.5 Å². The maximum Gasteiger partial charge on any atom is 0.180 e. The van der Waals surface area contributed by atoms with Crippen LogP contribution < -0.4 is 5.32 Å². The Hall–Kier alpha value is -1.12. The van der Waals surface area contributed by atoms with Gasteiger partial charge in [0.1, 0.15) is 0 Å². The third-order valence-electron chi connectivity index (χ3n) is 2.34. The first-order valence-corrected chi connectivity index (χ1v) is 6.39. The number of unbranched alkanes of at least 4 members (excludes halogenated alkanes) is 1. The zero-order valence-electron chi connectivity index (χ0n) is 11.8. The van der Waals surface area contributed by atoms with Gasteiger partial charge < -0.3 is 10.7 Å². The molecule has 0 saturated carbocycles. The minimum absolute atomic E-state index is 0.0250. The Morgan fingerprint density at radius 3 is 2.29 bits per heavy atom. The molecule has 0 heterocycles. The van der Waals surface area contributed by atoms with E-state index in [1.807, 2.05) is 40.7 Å². The van der Waals surface area contributed by atoms with Crippen LogP contribution in [0, 0.1) is 11.3 Å². The SMILES string of the molecule is CC(=N)CCC/C=C(/NC(C)C)C(=O)C(C)C. The van der Waals surface area contributed by atoms with E-state index in [1.54, 1.807) is 0 Å².